The lowest BCUT2D eigenvalue weighted by molar-refractivity contribution is -0.663. The summed E-state index contributed by atoms with van der Waals surface area (Å²) < 4.78 is 48.8. The number of piperazine rings is 1. The van der Waals surface area contributed by atoms with Crippen molar-refractivity contribution in [2.24, 2.45) is 40.9 Å². The lowest BCUT2D eigenvalue weighted by atomic mass is 8.94. The number of aryl methyl sites for hydroxylation is 1. The molecule has 6 aliphatic carbocycles. The number of fused-ring (bicyclic) bond motifs is 1. The number of rotatable bonds is 8. The van der Waals surface area contributed by atoms with Gasteiger partial charge in [-0.3, -0.25) is 14.4 Å². The molecule has 4 aromatic rings. The molecule has 0 bridgehead atoms. The van der Waals surface area contributed by atoms with Crippen molar-refractivity contribution < 1.29 is 32.6 Å². The molecule has 4 aromatic heterocycles. The Labute approximate surface area is 292 Å². The Balaban J connectivity index is 0.976. The summed E-state index contributed by atoms with van der Waals surface area (Å²) in [6.45, 7) is 4.21. The number of nitrogens with one attached hydrogen (secondary N) is 1. The number of hydrogen-bond donors (Lipinski definition) is 2. The van der Waals surface area contributed by atoms with Gasteiger partial charge in [-0.15, -0.1) is 15.0 Å². The SMILES string of the molecule is CCc1c(N2CCN(C(=O)c3ncnc(C)c3O)CC2)c(=O)c2nn(-c3ccnc(OC)c3)nc2n1CC(=O)NC12C3C4C1C1C2C3C41C(F)(F)F. The Morgan fingerprint density at radius 1 is 1.04 bits per heavy atom. The Bertz CT molecular complexity index is 2260. The van der Waals surface area contributed by atoms with Crippen LogP contribution in [0.3, 0.4) is 0 Å². The maximum atomic E-state index is 14.3. The van der Waals surface area contributed by atoms with Gasteiger partial charge in [0.05, 0.1) is 29.4 Å². The van der Waals surface area contributed by atoms with Crippen molar-refractivity contribution in [3.63, 3.8) is 0 Å². The highest BCUT2D eigenvalue weighted by molar-refractivity contribution is 5.95. The molecular weight excluding hydrogens is 685 g/mol. The number of carbonyl (C=O) groups is 2. The first-order chi connectivity index (χ1) is 24.9. The number of carbonyl (C=O) groups excluding carboxylic acids is 2. The number of ether oxygens (including phenoxy) is 1. The van der Waals surface area contributed by atoms with Crippen LogP contribution in [0.25, 0.3) is 16.9 Å². The van der Waals surface area contributed by atoms with Gasteiger partial charge in [0, 0.05) is 44.1 Å². The number of halogens is 3. The van der Waals surface area contributed by atoms with Gasteiger partial charge in [-0.1, -0.05) is 6.92 Å². The summed E-state index contributed by atoms with van der Waals surface area (Å²) >= 11 is 0. The van der Waals surface area contributed by atoms with Gasteiger partial charge < -0.3 is 29.5 Å². The molecule has 18 heteroatoms. The van der Waals surface area contributed by atoms with E-state index in [0.29, 0.717) is 29.4 Å². The van der Waals surface area contributed by atoms with Crippen molar-refractivity contribution in [2.75, 3.05) is 38.2 Å². The van der Waals surface area contributed by atoms with Gasteiger partial charge in [0.1, 0.15) is 18.6 Å². The van der Waals surface area contributed by atoms with Crippen LogP contribution in [-0.4, -0.2) is 101 Å². The van der Waals surface area contributed by atoms with E-state index < -0.39 is 28.5 Å². The third-order valence-corrected chi connectivity index (χ3v) is 13.2. The third kappa shape index (κ3) is 3.39. The fourth-order valence-corrected chi connectivity index (χ4v) is 11.4. The monoisotopic (exact) mass is 718 g/mol. The summed E-state index contributed by atoms with van der Waals surface area (Å²) in [5, 5.41) is 22.8. The van der Waals surface area contributed by atoms with E-state index in [1.165, 1.54) is 24.4 Å². The minimum Gasteiger partial charge on any atom is -0.504 e. The quantitative estimate of drug-likeness (QED) is 0.270. The van der Waals surface area contributed by atoms with Crippen LogP contribution in [0.4, 0.5) is 18.9 Å². The zero-order valence-corrected chi connectivity index (χ0v) is 28.3. The van der Waals surface area contributed by atoms with Crippen molar-refractivity contribution in [1.82, 2.24) is 44.7 Å². The van der Waals surface area contributed by atoms with E-state index in [2.05, 4.69) is 30.5 Å². The first-order valence-corrected chi connectivity index (χ1v) is 17.4. The smallest absolute Gasteiger partial charge is 0.395 e. The fraction of sp³-hybridized carbons (Fsp3) is 0.529. The minimum atomic E-state index is -4.19. The number of amides is 2. The van der Waals surface area contributed by atoms with Crippen LogP contribution < -0.4 is 20.4 Å². The Morgan fingerprint density at radius 3 is 2.37 bits per heavy atom. The number of anilines is 1. The first kappa shape index (κ1) is 31.4. The molecule has 0 unspecified atom stereocenters. The number of aromatic nitrogens is 7. The van der Waals surface area contributed by atoms with Gasteiger partial charge in [-0.05, 0) is 54.9 Å². The van der Waals surface area contributed by atoms with Crippen molar-refractivity contribution in [1.29, 1.82) is 0 Å². The average Bonchev–Trinajstić information content (AvgIpc) is 3.59. The zero-order chi connectivity index (χ0) is 36.2. The maximum absolute atomic E-state index is 14.3. The topological polar surface area (TPSA) is 173 Å². The molecule has 7 fully saturated rings. The summed E-state index contributed by atoms with van der Waals surface area (Å²) in [7, 11) is 1.47. The van der Waals surface area contributed by atoms with Gasteiger partial charge in [0.2, 0.25) is 17.2 Å². The van der Waals surface area contributed by atoms with Crippen LogP contribution >= 0.6 is 0 Å². The molecule has 270 valence electrons. The van der Waals surface area contributed by atoms with Gasteiger partial charge in [0.25, 0.3) is 5.91 Å². The molecular formula is C34H33F3N10O5. The summed E-state index contributed by atoms with van der Waals surface area (Å²) in [6, 6.07) is 3.26. The number of aromatic hydroxyl groups is 1. The average molecular weight is 719 g/mol. The van der Waals surface area contributed by atoms with Crippen LogP contribution in [0.5, 0.6) is 11.6 Å². The summed E-state index contributed by atoms with van der Waals surface area (Å²) in [5.41, 5.74) is -0.708. The number of hydrogen-bond acceptors (Lipinski definition) is 11. The summed E-state index contributed by atoms with van der Waals surface area (Å²) in [4.78, 5) is 58.3. The standard InChI is InChI=1S/C34H33F3N10O5/c1-4-16-27(44-7-9-45(10-8-44)31(51)26-28(49)14(2)39-13-40-26)29(50)25-30(43-47(42-25)15-5-6-38-18(11-15)52-3)46(16)12-17(48)41-33-22-19-23(33)21-24(33)20(22)32(19,21)34(35,36)37/h5-6,11,13,19-24,49H,4,7-10,12H2,1-3H3,(H,41,48). The molecule has 0 aromatic carbocycles. The molecule has 0 spiro atoms. The molecule has 52 heavy (non-hydrogen) atoms. The second kappa shape index (κ2) is 9.97. The Kier molecular flexibility index (Phi) is 6.03. The van der Waals surface area contributed by atoms with Crippen LogP contribution in [0.15, 0.2) is 29.5 Å². The number of alkyl halides is 3. The summed E-state index contributed by atoms with van der Waals surface area (Å²) in [6.07, 6.45) is -1.12. The normalized spacial score (nSPS) is 31.5. The molecule has 1 aliphatic heterocycles. The van der Waals surface area contributed by atoms with E-state index >= 15 is 0 Å². The Morgan fingerprint density at radius 2 is 1.73 bits per heavy atom. The van der Waals surface area contributed by atoms with E-state index in [1.54, 1.807) is 28.5 Å². The molecule has 0 atom stereocenters. The van der Waals surface area contributed by atoms with Crippen molar-refractivity contribution >= 4 is 28.7 Å². The van der Waals surface area contributed by atoms with Crippen LogP contribution in [0.1, 0.15) is 28.8 Å². The number of nitrogens with zero attached hydrogens (tertiary/aromatic N) is 9. The molecule has 5 heterocycles. The third-order valence-electron chi connectivity index (χ3n) is 13.2. The second-order valence-corrected chi connectivity index (χ2v) is 14.8. The van der Waals surface area contributed by atoms with Crippen LogP contribution in [0.2, 0.25) is 0 Å². The number of pyridine rings is 2. The number of methoxy groups -OCH3 is 1. The molecule has 11 rings (SSSR count). The lowest BCUT2D eigenvalue weighted by Gasteiger charge is -3.10. The molecule has 15 nitrogen and oxygen atoms in total. The largest absolute Gasteiger partial charge is 0.504 e. The predicted octanol–water partition coefficient (Wildman–Crippen LogP) is 1.48. The second-order valence-electron chi connectivity index (χ2n) is 14.8. The van der Waals surface area contributed by atoms with Crippen molar-refractivity contribution in [3.8, 4) is 17.3 Å². The maximum Gasteiger partial charge on any atom is 0.395 e. The first-order valence-electron chi connectivity index (χ1n) is 17.4. The Hall–Kier alpha value is -5.29. The van der Waals surface area contributed by atoms with E-state index in [1.807, 2.05) is 11.8 Å². The van der Waals surface area contributed by atoms with E-state index in [4.69, 9.17) is 4.74 Å². The minimum absolute atomic E-state index is 0.0271. The van der Waals surface area contributed by atoms with E-state index in [9.17, 15) is 32.7 Å². The van der Waals surface area contributed by atoms with Crippen molar-refractivity contribution in [2.45, 2.75) is 38.5 Å². The van der Waals surface area contributed by atoms with Gasteiger partial charge in [-0.25, -0.2) is 15.0 Å². The van der Waals surface area contributed by atoms with Crippen LogP contribution in [-0.2, 0) is 17.8 Å². The predicted molar refractivity (Wildman–Crippen MR) is 174 cm³/mol. The molecule has 7 aliphatic rings. The molecule has 0 radical (unpaired) electrons. The van der Waals surface area contributed by atoms with Crippen LogP contribution in [0, 0.1) is 47.8 Å². The highest BCUT2D eigenvalue weighted by Crippen LogP contribution is 3.08. The highest BCUT2D eigenvalue weighted by Gasteiger charge is 3.14. The van der Waals surface area contributed by atoms with Gasteiger partial charge >= 0.3 is 6.18 Å². The highest BCUT2D eigenvalue weighted by atomic mass is 19.4. The zero-order valence-electron chi connectivity index (χ0n) is 28.3. The van der Waals surface area contributed by atoms with Gasteiger partial charge in [0.15, 0.2) is 22.6 Å². The molecule has 1 saturated heterocycles. The summed E-state index contributed by atoms with van der Waals surface area (Å²) in [5.74, 6) is -2.29. The van der Waals surface area contributed by atoms with E-state index in [-0.39, 0.29) is 102 Å². The fourth-order valence-electron chi connectivity index (χ4n) is 11.4. The van der Waals surface area contributed by atoms with E-state index in [0.717, 1.165) is 0 Å². The van der Waals surface area contributed by atoms with Crippen molar-refractivity contribution in [3.05, 3.63) is 52.0 Å². The lowest BCUT2D eigenvalue weighted by Crippen LogP contribution is -3.16. The molecule has 2 N–H and O–H groups in total. The van der Waals surface area contributed by atoms with Gasteiger partial charge in [-0.2, -0.15) is 13.2 Å². The molecule has 6 saturated carbocycles. The molecule has 2 amide bonds.